The molecule has 2 atom stereocenters. The van der Waals surface area contributed by atoms with E-state index < -0.39 is 0 Å². The molecule has 3 N–H and O–H groups in total. The number of ether oxygens (including phenoxy) is 1. The molecule has 0 aliphatic heterocycles. The van der Waals surface area contributed by atoms with E-state index in [0.29, 0.717) is 18.6 Å². The molecule has 106 valence electrons. The number of hydrogen-bond donors (Lipinski definition) is 2. The van der Waals surface area contributed by atoms with Crippen LogP contribution in [0.4, 0.5) is 5.69 Å². The van der Waals surface area contributed by atoms with Crippen LogP contribution < -0.4 is 15.8 Å². The summed E-state index contributed by atoms with van der Waals surface area (Å²) in [6.07, 6.45) is 5.06. The molecule has 1 aromatic rings. The first-order valence-corrected chi connectivity index (χ1v) is 7.44. The predicted molar refractivity (Wildman–Crippen MR) is 80.8 cm³/mol. The van der Waals surface area contributed by atoms with Crippen molar-refractivity contribution in [1.29, 1.82) is 0 Å². The van der Waals surface area contributed by atoms with Crippen molar-refractivity contribution < 1.29 is 4.74 Å². The molecule has 0 spiro atoms. The fourth-order valence-corrected chi connectivity index (χ4v) is 2.90. The van der Waals surface area contributed by atoms with Crippen LogP contribution in [-0.2, 0) is 0 Å². The number of nitrogens with one attached hydrogen (secondary N) is 1. The van der Waals surface area contributed by atoms with E-state index >= 15 is 0 Å². The molecule has 1 aromatic carbocycles. The van der Waals surface area contributed by atoms with Gasteiger partial charge in [0.15, 0.2) is 0 Å². The van der Waals surface area contributed by atoms with Crippen LogP contribution in [0, 0.1) is 12.8 Å². The lowest BCUT2D eigenvalue weighted by molar-refractivity contribution is 0.325. The van der Waals surface area contributed by atoms with Crippen molar-refractivity contribution in [2.75, 3.05) is 18.5 Å². The Morgan fingerprint density at radius 3 is 2.84 bits per heavy atom. The molecule has 3 heteroatoms. The van der Waals surface area contributed by atoms with Crippen molar-refractivity contribution in [3.8, 4) is 5.75 Å². The van der Waals surface area contributed by atoms with Crippen molar-refractivity contribution in [3.63, 3.8) is 0 Å². The minimum absolute atomic E-state index is 0.487. The Bertz CT molecular complexity index is 406. The van der Waals surface area contributed by atoms with Gasteiger partial charge in [0, 0.05) is 6.04 Å². The molecule has 3 nitrogen and oxygen atoms in total. The summed E-state index contributed by atoms with van der Waals surface area (Å²) < 4.78 is 5.73. The third-order valence-corrected chi connectivity index (χ3v) is 3.99. The van der Waals surface area contributed by atoms with Crippen LogP contribution in [0.15, 0.2) is 18.2 Å². The van der Waals surface area contributed by atoms with Crippen molar-refractivity contribution in [1.82, 2.24) is 0 Å². The fourth-order valence-electron chi connectivity index (χ4n) is 2.90. The molecular weight excluding hydrogens is 236 g/mol. The molecule has 2 rings (SSSR count). The lowest BCUT2D eigenvalue weighted by Gasteiger charge is -2.32. The highest BCUT2D eigenvalue weighted by Gasteiger charge is 2.24. The number of anilines is 1. The molecule has 0 bridgehead atoms. The van der Waals surface area contributed by atoms with E-state index in [-0.39, 0.29) is 0 Å². The zero-order chi connectivity index (χ0) is 13.7. The summed E-state index contributed by atoms with van der Waals surface area (Å²) in [5, 5.41) is 3.66. The van der Waals surface area contributed by atoms with Crippen molar-refractivity contribution >= 4 is 5.69 Å². The van der Waals surface area contributed by atoms with Gasteiger partial charge in [-0.05, 0) is 56.8 Å². The SMILES string of the molecule is CCOc1cc(C)ccc1NC1CCCCC1CN. The second-order valence-electron chi connectivity index (χ2n) is 5.46. The maximum Gasteiger partial charge on any atom is 0.142 e. The summed E-state index contributed by atoms with van der Waals surface area (Å²) in [5.74, 6) is 1.55. The molecule has 2 unspecified atom stereocenters. The summed E-state index contributed by atoms with van der Waals surface area (Å²) in [5.41, 5.74) is 8.24. The highest BCUT2D eigenvalue weighted by molar-refractivity contribution is 5.58. The van der Waals surface area contributed by atoms with Crippen LogP contribution in [-0.4, -0.2) is 19.2 Å². The van der Waals surface area contributed by atoms with Crippen LogP contribution in [0.2, 0.25) is 0 Å². The fraction of sp³-hybridized carbons (Fsp3) is 0.625. The maximum absolute atomic E-state index is 5.90. The zero-order valence-corrected chi connectivity index (χ0v) is 12.1. The minimum atomic E-state index is 0.487. The topological polar surface area (TPSA) is 47.3 Å². The summed E-state index contributed by atoms with van der Waals surface area (Å²) >= 11 is 0. The van der Waals surface area contributed by atoms with Crippen LogP contribution in [0.25, 0.3) is 0 Å². The van der Waals surface area contributed by atoms with Gasteiger partial charge in [-0.15, -0.1) is 0 Å². The van der Waals surface area contributed by atoms with E-state index in [1.165, 1.54) is 31.2 Å². The molecule has 1 aliphatic rings. The van der Waals surface area contributed by atoms with Gasteiger partial charge in [0.1, 0.15) is 5.75 Å². The van der Waals surface area contributed by atoms with Crippen LogP contribution >= 0.6 is 0 Å². The van der Waals surface area contributed by atoms with E-state index in [9.17, 15) is 0 Å². The number of nitrogens with two attached hydrogens (primary N) is 1. The normalized spacial score (nSPS) is 23.1. The molecule has 1 saturated carbocycles. The third-order valence-electron chi connectivity index (χ3n) is 3.99. The lowest BCUT2D eigenvalue weighted by Crippen LogP contribution is -2.36. The predicted octanol–water partition coefficient (Wildman–Crippen LogP) is 3.32. The standard InChI is InChI=1S/C16H26N2O/c1-3-19-16-10-12(2)8-9-15(16)18-14-7-5-4-6-13(14)11-17/h8-10,13-14,18H,3-7,11,17H2,1-2H3. The van der Waals surface area contributed by atoms with Gasteiger partial charge in [0.25, 0.3) is 0 Å². The summed E-state index contributed by atoms with van der Waals surface area (Å²) in [6, 6.07) is 6.85. The first kappa shape index (κ1) is 14.2. The van der Waals surface area contributed by atoms with Gasteiger partial charge in [0.05, 0.1) is 12.3 Å². The Morgan fingerprint density at radius 2 is 2.11 bits per heavy atom. The number of hydrogen-bond acceptors (Lipinski definition) is 3. The molecular formula is C16H26N2O. The highest BCUT2D eigenvalue weighted by atomic mass is 16.5. The maximum atomic E-state index is 5.90. The van der Waals surface area contributed by atoms with Crippen LogP contribution in [0.1, 0.15) is 38.2 Å². The average molecular weight is 262 g/mol. The Hall–Kier alpha value is -1.22. The summed E-state index contributed by atoms with van der Waals surface area (Å²) in [7, 11) is 0. The molecule has 1 aliphatic carbocycles. The number of rotatable bonds is 5. The monoisotopic (exact) mass is 262 g/mol. The van der Waals surface area contributed by atoms with Gasteiger partial charge in [-0.3, -0.25) is 0 Å². The molecule has 0 aromatic heterocycles. The zero-order valence-electron chi connectivity index (χ0n) is 12.1. The Morgan fingerprint density at radius 1 is 1.32 bits per heavy atom. The molecule has 0 saturated heterocycles. The Labute approximate surface area is 116 Å². The number of benzene rings is 1. The first-order chi connectivity index (χ1) is 9.24. The average Bonchev–Trinajstić information content (AvgIpc) is 2.43. The second kappa shape index (κ2) is 6.80. The summed E-state index contributed by atoms with van der Waals surface area (Å²) in [6.45, 7) is 5.58. The highest BCUT2D eigenvalue weighted by Crippen LogP contribution is 2.31. The van der Waals surface area contributed by atoms with Crippen molar-refractivity contribution in [2.45, 2.75) is 45.6 Å². The molecule has 0 radical (unpaired) electrons. The van der Waals surface area contributed by atoms with E-state index in [0.717, 1.165) is 18.0 Å². The van der Waals surface area contributed by atoms with Crippen LogP contribution in [0.5, 0.6) is 5.75 Å². The van der Waals surface area contributed by atoms with Gasteiger partial charge in [0.2, 0.25) is 0 Å². The van der Waals surface area contributed by atoms with E-state index in [1.807, 2.05) is 6.92 Å². The first-order valence-electron chi connectivity index (χ1n) is 7.44. The van der Waals surface area contributed by atoms with Crippen molar-refractivity contribution in [2.24, 2.45) is 11.7 Å². The minimum Gasteiger partial charge on any atom is -0.492 e. The van der Waals surface area contributed by atoms with Gasteiger partial charge in [-0.2, -0.15) is 0 Å². The van der Waals surface area contributed by atoms with Gasteiger partial charge >= 0.3 is 0 Å². The van der Waals surface area contributed by atoms with E-state index in [4.69, 9.17) is 10.5 Å². The quantitative estimate of drug-likeness (QED) is 0.855. The Kier molecular flexibility index (Phi) is 5.08. The van der Waals surface area contributed by atoms with Gasteiger partial charge in [-0.1, -0.05) is 18.9 Å². The van der Waals surface area contributed by atoms with E-state index in [2.05, 4.69) is 30.4 Å². The third kappa shape index (κ3) is 3.63. The molecule has 0 heterocycles. The Balaban J connectivity index is 2.12. The molecule has 19 heavy (non-hydrogen) atoms. The summed E-state index contributed by atoms with van der Waals surface area (Å²) in [4.78, 5) is 0. The second-order valence-corrected chi connectivity index (χ2v) is 5.46. The van der Waals surface area contributed by atoms with Gasteiger partial charge in [-0.25, -0.2) is 0 Å². The van der Waals surface area contributed by atoms with Gasteiger partial charge < -0.3 is 15.8 Å². The van der Waals surface area contributed by atoms with Crippen molar-refractivity contribution in [3.05, 3.63) is 23.8 Å². The van der Waals surface area contributed by atoms with Crippen LogP contribution in [0.3, 0.4) is 0 Å². The smallest absolute Gasteiger partial charge is 0.142 e. The molecule has 1 fully saturated rings. The largest absolute Gasteiger partial charge is 0.492 e. The van der Waals surface area contributed by atoms with E-state index in [1.54, 1.807) is 0 Å². The number of aryl methyl sites for hydroxylation is 1. The lowest BCUT2D eigenvalue weighted by atomic mass is 9.84. The molecule has 0 amide bonds.